The Morgan fingerprint density at radius 2 is 1.82 bits per heavy atom. The van der Waals surface area contributed by atoms with Gasteiger partial charge in [-0.05, 0) is 30.7 Å². The maximum absolute atomic E-state index is 13.6. The molecule has 1 N–H and O–H groups in total. The van der Waals surface area contributed by atoms with Crippen molar-refractivity contribution in [3.63, 3.8) is 0 Å². The molecule has 2 heterocycles. The van der Waals surface area contributed by atoms with Crippen molar-refractivity contribution in [2.24, 2.45) is 5.92 Å². The van der Waals surface area contributed by atoms with Crippen molar-refractivity contribution >= 4 is 17.8 Å². The number of amides is 4. The summed E-state index contributed by atoms with van der Waals surface area (Å²) < 4.78 is 0. The fraction of sp³-hybridized carbons (Fsp3) is 0.654. The van der Waals surface area contributed by atoms with Crippen LogP contribution in [0, 0.1) is 5.92 Å². The number of nitrogens with zero attached hydrogens (tertiary/aromatic N) is 4. The average Bonchev–Trinajstić information content (AvgIpc) is 2.84. The van der Waals surface area contributed by atoms with Gasteiger partial charge in [0.05, 0.1) is 13.1 Å². The second-order valence-corrected chi connectivity index (χ2v) is 9.99. The van der Waals surface area contributed by atoms with Crippen LogP contribution in [0.3, 0.4) is 0 Å². The number of hydrazine groups is 1. The van der Waals surface area contributed by atoms with E-state index in [2.05, 4.69) is 12.2 Å². The van der Waals surface area contributed by atoms with Crippen LogP contribution in [-0.4, -0.2) is 76.6 Å². The van der Waals surface area contributed by atoms with Crippen molar-refractivity contribution in [1.82, 2.24) is 25.1 Å². The molecule has 8 heteroatoms. The van der Waals surface area contributed by atoms with Crippen molar-refractivity contribution in [2.75, 3.05) is 26.7 Å². The first kappa shape index (κ1) is 24.5. The number of fused-ring (bicyclic) bond motifs is 1. The number of rotatable bonds is 7. The molecular weight excluding hydrogens is 430 g/mol. The summed E-state index contributed by atoms with van der Waals surface area (Å²) in [6.07, 6.45) is 8.01. The Hall–Kier alpha value is -2.61. The third-order valence-corrected chi connectivity index (χ3v) is 7.47. The molecule has 4 amide bonds. The SMILES string of the molecule is CCCCC1C(=O)N(CC2CCCCC2)CC2N1C(=O)CN(C)N2C(=O)NCc1ccccc1. The molecule has 2 unspecified atom stereocenters. The molecule has 2 aliphatic heterocycles. The number of carbonyl (C=O) groups is 3. The van der Waals surface area contributed by atoms with Crippen LogP contribution in [0.15, 0.2) is 30.3 Å². The smallest absolute Gasteiger partial charge is 0.334 e. The largest absolute Gasteiger partial charge is 0.337 e. The van der Waals surface area contributed by atoms with Crippen molar-refractivity contribution in [2.45, 2.75) is 77.0 Å². The number of benzene rings is 1. The normalized spacial score (nSPS) is 24.4. The maximum Gasteiger partial charge on any atom is 0.334 e. The monoisotopic (exact) mass is 469 g/mol. The fourth-order valence-corrected chi connectivity index (χ4v) is 5.68. The van der Waals surface area contributed by atoms with E-state index in [0.29, 0.717) is 25.4 Å². The Kier molecular flexibility index (Phi) is 8.08. The van der Waals surface area contributed by atoms with Gasteiger partial charge < -0.3 is 15.1 Å². The number of nitrogens with one attached hydrogen (secondary N) is 1. The van der Waals surface area contributed by atoms with Crippen molar-refractivity contribution in [3.05, 3.63) is 35.9 Å². The molecule has 4 rings (SSSR count). The van der Waals surface area contributed by atoms with Crippen LogP contribution in [0.25, 0.3) is 0 Å². The van der Waals surface area contributed by atoms with Crippen LogP contribution in [-0.2, 0) is 16.1 Å². The number of carbonyl (C=O) groups excluding carboxylic acids is 3. The molecule has 2 saturated heterocycles. The van der Waals surface area contributed by atoms with Crippen molar-refractivity contribution < 1.29 is 14.4 Å². The summed E-state index contributed by atoms with van der Waals surface area (Å²) in [6.45, 7) is 3.69. The molecule has 0 radical (unpaired) electrons. The zero-order valence-corrected chi connectivity index (χ0v) is 20.6. The second kappa shape index (κ2) is 11.2. The summed E-state index contributed by atoms with van der Waals surface area (Å²) in [5, 5.41) is 6.38. The predicted molar refractivity (Wildman–Crippen MR) is 130 cm³/mol. The highest BCUT2D eigenvalue weighted by atomic mass is 16.2. The Morgan fingerprint density at radius 3 is 2.53 bits per heavy atom. The molecule has 34 heavy (non-hydrogen) atoms. The lowest BCUT2D eigenvalue weighted by Gasteiger charge is -2.55. The summed E-state index contributed by atoms with van der Waals surface area (Å²) in [6, 6.07) is 9.06. The van der Waals surface area contributed by atoms with E-state index in [1.54, 1.807) is 22.0 Å². The minimum Gasteiger partial charge on any atom is -0.337 e. The topological polar surface area (TPSA) is 76.2 Å². The number of hydrogen-bond donors (Lipinski definition) is 1. The highest BCUT2D eigenvalue weighted by molar-refractivity contribution is 5.91. The van der Waals surface area contributed by atoms with Gasteiger partial charge in [0.25, 0.3) is 0 Å². The van der Waals surface area contributed by atoms with E-state index >= 15 is 0 Å². The van der Waals surface area contributed by atoms with E-state index in [4.69, 9.17) is 0 Å². The summed E-state index contributed by atoms with van der Waals surface area (Å²) in [5.74, 6) is 0.484. The molecule has 8 nitrogen and oxygen atoms in total. The molecule has 186 valence electrons. The molecule has 1 aromatic carbocycles. The average molecular weight is 470 g/mol. The van der Waals surface area contributed by atoms with Crippen molar-refractivity contribution in [3.8, 4) is 0 Å². The van der Waals surface area contributed by atoms with Gasteiger partial charge in [-0.25, -0.2) is 14.8 Å². The van der Waals surface area contributed by atoms with Crippen molar-refractivity contribution in [1.29, 1.82) is 0 Å². The van der Waals surface area contributed by atoms with Crippen LogP contribution >= 0.6 is 0 Å². The van der Waals surface area contributed by atoms with Gasteiger partial charge in [-0.1, -0.05) is 69.4 Å². The summed E-state index contributed by atoms with van der Waals surface area (Å²) in [5.41, 5.74) is 1.02. The zero-order valence-electron chi connectivity index (χ0n) is 20.6. The van der Waals surface area contributed by atoms with E-state index in [1.165, 1.54) is 19.3 Å². The molecule has 2 atom stereocenters. The Labute approximate surface area is 203 Å². The van der Waals surface area contributed by atoms with Gasteiger partial charge >= 0.3 is 6.03 Å². The van der Waals surface area contributed by atoms with Gasteiger partial charge in [0.15, 0.2) is 0 Å². The van der Waals surface area contributed by atoms with E-state index in [1.807, 2.05) is 35.2 Å². The van der Waals surface area contributed by atoms with Gasteiger partial charge in [0.2, 0.25) is 11.8 Å². The quantitative estimate of drug-likeness (QED) is 0.665. The van der Waals surface area contributed by atoms with E-state index in [0.717, 1.165) is 37.8 Å². The van der Waals surface area contributed by atoms with E-state index in [9.17, 15) is 14.4 Å². The van der Waals surface area contributed by atoms with Crippen LogP contribution in [0.1, 0.15) is 63.9 Å². The number of urea groups is 1. The molecule has 0 aromatic heterocycles. The minimum absolute atomic E-state index is 0.0535. The van der Waals surface area contributed by atoms with Gasteiger partial charge in [-0.3, -0.25) is 9.59 Å². The Balaban J connectivity index is 1.55. The number of piperazine rings is 1. The molecule has 3 fully saturated rings. The lowest BCUT2D eigenvalue weighted by atomic mass is 9.88. The third-order valence-electron chi connectivity index (χ3n) is 7.47. The standard InChI is InChI=1S/C26H39N5O3/c1-3-4-15-22-25(33)29(17-21-13-9-6-10-14-21)18-23-30(22)24(32)19-28(2)31(23)26(34)27-16-20-11-7-5-8-12-20/h5,7-8,11-12,21-23H,3-4,6,9-10,13-19H2,1-2H3,(H,27,34). The third kappa shape index (κ3) is 5.37. The highest BCUT2D eigenvalue weighted by Crippen LogP contribution is 2.31. The molecular formula is C26H39N5O3. The predicted octanol–water partition coefficient (Wildman–Crippen LogP) is 3.19. The molecule has 0 spiro atoms. The molecule has 3 aliphatic rings. The molecule has 1 aromatic rings. The first-order valence-corrected chi connectivity index (χ1v) is 12.9. The van der Waals surface area contributed by atoms with Gasteiger partial charge in [0.1, 0.15) is 12.2 Å². The van der Waals surface area contributed by atoms with E-state index < -0.39 is 12.2 Å². The van der Waals surface area contributed by atoms with Gasteiger partial charge in [0, 0.05) is 20.1 Å². The van der Waals surface area contributed by atoms with Gasteiger partial charge in [-0.2, -0.15) is 0 Å². The fourth-order valence-electron chi connectivity index (χ4n) is 5.68. The first-order chi connectivity index (χ1) is 16.5. The number of unbranched alkanes of at least 4 members (excludes halogenated alkanes) is 1. The van der Waals surface area contributed by atoms with Crippen LogP contribution in [0.2, 0.25) is 0 Å². The van der Waals surface area contributed by atoms with Gasteiger partial charge in [-0.15, -0.1) is 0 Å². The molecule has 1 aliphatic carbocycles. The van der Waals surface area contributed by atoms with Crippen LogP contribution in [0.5, 0.6) is 0 Å². The summed E-state index contributed by atoms with van der Waals surface area (Å²) in [7, 11) is 1.78. The Bertz CT molecular complexity index is 857. The van der Waals surface area contributed by atoms with Crippen LogP contribution < -0.4 is 5.32 Å². The summed E-state index contributed by atoms with van der Waals surface area (Å²) >= 11 is 0. The Morgan fingerprint density at radius 1 is 1.09 bits per heavy atom. The zero-order chi connectivity index (χ0) is 24.1. The lowest BCUT2D eigenvalue weighted by Crippen LogP contribution is -2.76. The highest BCUT2D eigenvalue weighted by Gasteiger charge is 2.50. The van der Waals surface area contributed by atoms with E-state index in [-0.39, 0.29) is 24.4 Å². The molecule has 0 bridgehead atoms. The lowest BCUT2D eigenvalue weighted by molar-refractivity contribution is -0.188. The summed E-state index contributed by atoms with van der Waals surface area (Å²) in [4.78, 5) is 43.8. The minimum atomic E-state index is -0.493. The number of hydrogen-bond acceptors (Lipinski definition) is 4. The molecule has 1 saturated carbocycles. The van der Waals surface area contributed by atoms with Crippen LogP contribution in [0.4, 0.5) is 4.79 Å². The second-order valence-electron chi connectivity index (χ2n) is 9.99. The number of likely N-dealkylation sites (N-methyl/N-ethyl adjacent to an activating group) is 1. The first-order valence-electron chi connectivity index (χ1n) is 12.9. The maximum atomic E-state index is 13.6.